The predicted octanol–water partition coefficient (Wildman–Crippen LogP) is 9.60. The Labute approximate surface area is 291 Å². The number of rotatable bonds is 17. The van der Waals surface area contributed by atoms with Gasteiger partial charge in [-0.05, 0) is 105 Å². The summed E-state index contributed by atoms with van der Waals surface area (Å²) < 4.78 is 37.1. The van der Waals surface area contributed by atoms with E-state index in [1.807, 2.05) is 24.3 Å². The fourth-order valence-electron chi connectivity index (χ4n) is 6.86. The van der Waals surface area contributed by atoms with Crippen molar-refractivity contribution in [2.75, 3.05) is 26.4 Å². The minimum Gasteiger partial charge on any atom is -0.462 e. The minimum atomic E-state index is -0.751. The molecule has 0 radical (unpaired) electrons. The molecule has 1 saturated carbocycles. The first-order chi connectivity index (χ1) is 23.5. The van der Waals surface area contributed by atoms with Crippen LogP contribution in [0.4, 0.5) is 9.18 Å². The summed E-state index contributed by atoms with van der Waals surface area (Å²) in [5.74, 6) is 0.0231. The minimum absolute atomic E-state index is 0.00825. The number of cyclic esters (lactones) is 2. The van der Waals surface area contributed by atoms with Crippen molar-refractivity contribution in [3.63, 3.8) is 0 Å². The molecule has 49 heavy (non-hydrogen) atoms. The number of halogens is 1. The molecule has 1 aliphatic heterocycles. The van der Waals surface area contributed by atoms with Gasteiger partial charge in [0, 0.05) is 16.7 Å². The third-order valence-corrected chi connectivity index (χ3v) is 9.99. The van der Waals surface area contributed by atoms with Gasteiger partial charge in [0.2, 0.25) is 0 Å². The smallest absolute Gasteiger partial charge is 0.462 e. The van der Waals surface area contributed by atoms with Crippen LogP contribution in [0.2, 0.25) is 0 Å². The average molecular weight is 677 g/mol. The van der Waals surface area contributed by atoms with Crippen LogP contribution >= 0.6 is 0 Å². The molecule has 0 amide bonds. The van der Waals surface area contributed by atoms with E-state index in [1.165, 1.54) is 38.5 Å². The van der Waals surface area contributed by atoms with Crippen molar-refractivity contribution in [2.24, 2.45) is 11.3 Å². The second-order valence-electron chi connectivity index (χ2n) is 14.1. The molecule has 0 atom stereocenters. The predicted molar refractivity (Wildman–Crippen MR) is 189 cm³/mol. The molecule has 1 saturated heterocycles. The summed E-state index contributed by atoms with van der Waals surface area (Å²) in [4.78, 5) is 35.8. The van der Waals surface area contributed by atoms with Crippen LogP contribution in [-0.4, -0.2) is 44.5 Å². The zero-order valence-corrected chi connectivity index (χ0v) is 29.6. The number of carbonyl (C=O) groups excluding carboxylic acids is 3. The second-order valence-corrected chi connectivity index (χ2v) is 14.1. The Morgan fingerprint density at radius 1 is 0.878 bits per heavy atom. The number of hydrogen-bond acceptors (Lipinski definition) is 7. The van der Waals surface area contributed by atoms with Crippen molar-refractivity contribution in [3.05, 3.63) is 83.2 Å². The van der Waals surface area contributed by atoms with Crippen molar-refractivity contribution >= 4 is 18.1 Å². The zero-order chi connectivity index (χ0) is 35.4. The zero-order valence-electron chi connectivity index (χ0n) is 29.6. The van der Waals surface area contributed by atoms with E-state index in [0.717, 1.165) is 41.0 Å². The van der Waals surface area contributed by atoms with Crippen molar-refractivity contribution < 1.29 is 37.7 Å². The molecule has 2 aliphatic rings. The van der Waals surface area contributed by atoms with E-state index in [2.05, 4.69) is 26.1 Å². The van der Waals surface area contributed by atoms with E-state index >= 15 is 4.39 Å². The third kappa shape index (κ3) is 11.0. The van der Waals surface area contributed by atoms with Gasteiger partial charge in [-0.1, -0.05) is 76.1 Å². The molecule has 0 unspecified atom stereocenters. The molecule has 0 bridgehead atoms. The van der Waals surface area contributed by atoms with Gasteiger partial charge in [0.25, 0.3) is 0 Å². The van der Waals surface area contributed by atoms with Crippen molar-refractivity contribution in [3.8, 4) is 11.1 Å². The third-order valence-electron chi connectivity index (χ3n) is 9.99. The Hall–Kier alpha value is -3.94. The molecule has 1 heterocycles. The van der Waals surface area contributed by atoms with E-state index in [0.29, 0.717) is 42.7 Å². The fraction of sp³-hybridized carbons (Fsp3) is 0.537. The number of unbranched alkanes of at least 4 members (excludes halogenated alkanes) is 2. The van der Waals surface area contributed by atoms with Gasteiger partial charge in [-0.2, -0.15) is 0 Å². The first kappa shape index (κ1) is 37.9. The monoisotopic (exact) mass is 676 g/mol. The van der Waals surface area contributed by atoms with Crippen LogP contribution in [-0.2, 0) is 41.4 Å². The molecule has 8 heteroatoms. The Bertz CT molecular complexity index is 1480. The average Bonchev–Trinajstić information content (AvgIpc) is 3.09. The van der Waals surface area contributed by atoms with E-state index < -0.39 is 23.5 Å². The Morgan fingerprint density at radius 3 is 2.22 bits per heavy atom. The molecule has 266 valence electrons. The van der Waals surface area contributed by atoms with Gasteiger partial charge in [-0.3, -0.25) is 0 Å². The van der Waals surface area contributed by atoms with Crippen LogP contribution in [0.15, 0.2) is 60.7 Å². The molecule has 4 rings (SSSR count). The van der Waals surface area contributed by atoms with Gasteiger partial charge >= 0.3 is 18.1 Å². The molecule has 7 nitrogen and oxygen atoms in total. The van der Waals surface area contributed by atoms with E-state index in [1.54, 1.807) is 19.9 Å². The summed E-state index contributed by atoms with van der Waals surface area (Å²) >= 11 is 0. The summed E-state index contributed by atoms with van der Waals surface area (Å²) in [5.41, 5.74) is 4.31. The first-order valence-electron chi connectivity index (χ1n) is 17.9. The van der Waals surface area contributed by atoms with E-state index in [4.69, 9.17) is 18.9 Å². The van der Waals surface area contributed by atoms with Crippen LogP contribution in [0.1, 0.15) is 108 Å². The van der Waals surface area contributed by atoms with Crippen LogP contribution < -0.4 is 0 Å². The van der Waals surface area contributed by atoms with E-state index in [9.17, 15) is 14.4 Å². The molecule has 1 aliphatic carbocycles. The van der Waals surface area contributed by atoms with Crippen molar-refractivity contribution in [1.29, 1.82) is 0 Å². The van der Waals surface area contributed by atoms with Gasteiger partial charge < -0.3 is 18.9 Å². The standard InChI is InChI=1S/C41H53FO7/c1-6-7-8-10-30-12-14-31(15-13-30)34-18-19-36(37(42)24-34)35-17-16-32(33(23-35)11-9-22-46-38(43)28(2)3)20-21-41(25-47-39(44)29(4)5)26-48-40(45)49-27-41/h16-19,23-24,30-31H,2,4,6-15,20-22,25-27H2,1,3,5H3. The lowest BCUT2D eigenvalue weighted by atomic mass is 9.77. The molecule has 2 fully saturated rings. The molecule has 0 aromatic heterocycles. The molecule has 2 aromatic carbocycles. The summed E-state index contributed by atoms with van der Waals surface area (Å²) in [7, 11) is 0. The van der Waals surface area contributed by atoms with Crippen LogP contribution in [0.25, 0.3) is 11.1 Å². The summed E-state index contributed by atoms with van der Waals surface area (Å²) in [6.07, 6.45) is 11.3. The highest BCUT2D eigenvalue weighted by atomic mass is 19.1. The lowest BCUT2D eigenvalue weighted by Crippen LogP contribution is -2.43. The van der Waals surface area contributed by atoms with Gasteiger partial charge in [0.15, 0.2) is 0 Å². The fourth-order valence-corrected chi connectivity index (χ4v) is 6.86. The quantitative estimate of drug-likeness (QED) is 0.0714. The number of aryl methyl sites for hydroxylation is 2. The number of esters is 2. The Balaban J connectivity index is 1.50. The lowest BCUT2D eigenvalue weighted by Gasteiger charge is -2.35. The maximum absolute atomic E-state index is 15.8. The van der Waals surface area contributed by atoms with Gasteiger partial charge in [0.1, 0.15) is 25.6 Å². The molecule has 0 N–H and O–H groups in total. The number of carbonyl (C=O) groups is 3. The highest BCUT2D eigenvalue weighted by Gasteiger charge is 2.39. The van der Waals surface area contributed by atoms with Crippen LogP contribution in [0.3, 0.4) is 0 Å². The highest BCUT2D eigenvalue weighted by Crippen LogP contribution is 2.39. The van der Waals surface area contributed by atoms with E-state index in [-0.39, 0.29) is 37.8 Å². The molecule has 0 spiro atoms. The first-order valence-corrected chi connectivity index (χ1v) is 17.9. The second kappa shape index (κ2) is 18.2. The summed E-state index contributed by atoms with van der Waals surface area (Å²) in [6, 6.07) is 11.7. The summed E-state index contributed by atoms with van der Waals surface area (Å²) in [6.45, 7) is 13.1. The Morgan fingerprint density at radius 2 is 1.57 bits per heavy atom. The van der Waals surface area contributed by atoms with Crippen LogP contribution in [0.5, 0.6) is 0 Å². The largest absolute Gasteiger partial charge is 0.508 e. The SMILES string of the molecule is C=C(C)C(=O)OCCCc1cc(-c2ccc(C3CCC(CCCCC)CC3)cc2F)ccc1CCC1(COC(=O)C(=C)C)COC(=O)OC1. The normalized spacial score (nSPS) is 18.6. The van der Waals surface area contributed by atoms with Gasteiger partial charge in [-0.25, -0.2) is 18.8 Å². The Kier molecular flexibility index (Phi) is 14.0. The topological polar surface area (TPSA) is 88.1 Å². The molecular weight excluding hydrogens is 623 g/mol. The highest BCUT2D eigenvalue weighted by molar-refractivity contribution is 5.87. The van der Waals surface area contributed by atoms with Gasteiger partial charge in [0.05, 0.1) is 12.0 Å². The van der Waals surface area contributed by atoms with Crippen LogP contribution in [0, 0.1) is 17.2 Å². The van der Waals surface area contributed by atoms with Gasteiger partial charge in [-0.15, -0.1) is 0 Å². The summed E-state index contributed by atoms with van der Waals surface area (Å²) in [5, 5.41) is 0. The lowest BCUT2D eigenvalue weighted by molar-refractivity contribution is -0.149. The van der Waals surface area contributed by atoms with Crippen molar-refractivity contribution in [1.82, 2.24) is 0 Å². The maximum atomic E-state index is 15.8. The molecular formula is C41H53FO7. The number of benzene rings is 2. The number of hydrogen-bond donors (Lipinski definition) is 0. The molecule has 2 aromatic rings. The van der Waals surface area contributed by atoms with Crippen molar-refractivity contribution in [2.45, 2.75) is 104 Å². The maximum Gasteiger partial charge on any atom is 0.508 e. The number of ether oxygens (including phenoxy) is 4.